The molecule has 0 radical (unpaired) electrons. The lowest BCUT2D eigenvalue weighted by atomic mass is 10.1. The third kappa shape index (κ3) is 1.01. The van der Waals surface area contributed by atoms with Crippen LogP contribution < -0.4 is 4.74 Å². The molecule has 0 bridgehead atoms. The SMILES string of the molecule is Cc1cccc2c1CC(C)O2. The molecule has 1 aliphatic heterocycles. The highest BCUT2D eigenvalue weighted by molar-refractivity contribution is 5.42. The number of benzene rings is 1. The third-order valence-electron chi connectivity index (χ3n) is 2.19. The van der Waals surface area contributed by atoms with E-state index in [2.05, 4.69) is 19.9 Å². The Morgan fingerprint density at radius 2 is 2.27 bits per heavy atom. The van der Waals surface area contributed by atoms with Gasteiger partial charge in [-0.1, -0.05) is 12.1 Å². The first kappa shape index (κ1) is 6.71. The molecular weight excluding hydrogens is 136 g/mol. The van der Waals surface area contributed by atoms with Gasteiger partial charge in [-0.2, -0.15) is 0 Å². The van der Waals surface area contributed by atoms with E-state index in [0.29, 0.717) is 6.10 Å². The van der Waals surface area contributed by atoms with Gasteiger partial charge in [-0.15, -0.1) is 0 Å². The molecule has 1 heteroatoms. The van der Waals surface area contributed by atoms with E-state index in [9.17, 15) is 0 Å². The molecule has 0 aliphatic carbocycles. The topological polar surface area (TPSA) is 9.23 Å². The first-order chi connectivity index (χ1) is 5.27. The summed E-state index contributed by atoms with van der Waals surface area (Å²) in [6.07, 6.45) is 1.44. The Bertz CT molecular complexity index is 278. The van der Waals surface area contributed by atoms with E-state index in [-0.39, 0.29) is 0 Å². The van der Waals surface area contributed by atoms with Crippen molar-refractivity contribution < 1.29 is 4.74 Å². The second-order valence-electron chi connectivity index (χ2n) is 3.18. The molecule has 0 saturated carbocycles. The summed E-state index contributed by atoms with van der Waals surface area (Å²) in [5.41, 5.74) is 2.74. The zero-order valence-electron chi connectivity index (χ0n) is 6.92. The second kappa shape index (κ2) is 2.26. The quantitative estimate of drug-likeness (QED) is 0.548. The van der Waals surface area contributed by atoms with Crippen LogP contribution in [0.5, 0.6) is 5.75 Å². The summed E-state index contributed by atoms with van der Waals surface area (Å²) >= 11 is 0. The van der Waals surface area contributed by atoms with Crippen molar-refractivity contribution >= 4 is 0 Å². The predicted octanol–water partition coefficient (Wildman–Crippen LogP) is 2.32. The van der Waals surface area contributed by atoms with Crippen LogP contribution in [0.2, 0.25) is 0 Å². The first-order valence-corrected chi connectivity index (χ1v) is 4.02. The summed E-state index contributed by atoms with van der Waals surface area (Å²) in [4.78, 5) is 0. The van der Waals surface area contributed by atoms with Gasteiger partial charge in [0.25, 0.3) is 0 Å². The van der Waals surface area contributed by atoms with Crippen LogP contribution in [0.4, 0.5) is 0 Å². The molecule has 1 aromatic rings. The maximum atomic E-state index is 5.59. The Kier molecular flexibility index (Phi) is 1.38. The summed E-state index contributed by atoms with van der Waals surface area (Å²) < 4.78 is 5.59. The fourth-order valence-electron chi connectivity index (χ4n) is 1.59. The minimum atomic E-state index is 0.367. The van der Waals surface area contributed by atoms with E-state index < -0.39 is 0 Å². The average Bonchev–Trinajstić information content (AvgIpc) is 2.31. The van der Waals surface area contributed by atoms with Crippen molar-refractivity contribution in [3.05, 3.63) is 29.3 Å². The van der Waals surface area contributed by atoms with Crippen molar-refractivity contribution in [1.82, 2.24) is 0 Å². The zero-order valence-corrected chi connectivity index (χ0v) is 6.92. The lowest BCUT2D eigenvalue weighted by molar-refractivity contribution is 0.254. The summed E-state index contributed by atoms with van der Waals surface area (Å²) in [6, 6.07) is 6.23. The summed E-state index contributed by atoms with van der Waals surface area (Å²) in [5.74, 6) is 1.08. The fraction of sp³-hybridized carbons (Fsp3) is 0.400. The molecule has 1 heterocycles. The maximum absolute atomic E-state index is 5.59. The monoisotopic (exact) mass is 148 g/mol. The van der Waals surface area contributed by atoms with Gasteiger partial charge in [0.05, 0.1) is 0 Å². The van der Waals surface area contributed by atoms with Gasteiger partial charge >= 0.3 is 0 Å². The highest BCUT2D eigenvalue weighted by Gasteiger charge is 2.19. The lowest BCUT2D eigenvalue weighted by Gasteiger charge is -2.01. The van der Waals surface area contributed by atoms with Crippen LogP contribution in [0.15, 0.2) is 18.2 Å². The van der Waals surface area contributed by atoms with E-state index in [0.717, 1.165) is 12.2 Å². The molecule has 0 saturated heterocycles. The van der Waals surface area contributed by atoms with Crippen LogP contribution in [-0.4, -0.2) is 6.10 Å². The van der Waals surface area contributed by atoms with Gasteiger partial charge in [-0.3, -0.25) is 0 Å². The number of hydrogen-bond acceptors (Lipinski definition) is 1. The van der Waals surface area contributed by atoms with Gasteiger partial charge < -0.3 is 4.74 Å². The van der Waals surface area contributed by atoms with Crippen LogP contribution in [-0.2, 0) is 6.42 Å². The summed E-state index contributed by atoms with van der Waals surface area (Å²) in [5, 5.41) is 0. The second-order valence-corrected chi connectivity index (χ2v) is 3.18. The molecule has 1 atom stereocenters. The van der Waals surface area contributed by atoms with E-state index in [1.807, 2.05) is 12.1 Å². The maximum Gasteiger partial charge on any atom is 0.123 e. The van der Waals surface area contributed by atoms with E-state index in [1.165, 1.54) is 11.1 Å². The van der Waals surface area contributed by atoms with Crippen LogP contribution in [0.25, 0.3) is 0 Å². The molecular formula is C10H12O. The Balaban J connectivity index is 2.49. The Morgan fingerprint density at radius 1 is 1.45 bits per heavy atom. The standard InChI is InChI=1S/C10H12O/c1-7-4-3-5-10-9(7)6-8(2)11-10/h3-5,8H,6H2,1-2H3. The third-order valence-corrected chi connectivity index (χ3v) is 2.19. The van der Waals surface area contributed by atoms with Gasteiger partial charge in [0.1, 0.15) is 11.9 Å². The van der Waals surface area contributed by atoms with Crippen molar-refractivity contribution in [2.45, 2.75) is 26.4 Å². The molecule has 0 fully saturated rings. The van der Waals surface area contributed by atoms with Crippen molar-refractivity contribution in [3.63, 3.8) is 0 Å². The Morgan fingerprint density at radius 3 is 3.00 bits per heavy atom. The lowest BCUT2D eigenvalue weighted by Crippen LogP contribution is -2.05. The van der Waals surface area contributed by atoms with Crippen molar-refractivity contribution in [3.8, 4) is 5.75 Å². The van der Waals surface area contributed by atoms with Crippen LogP contribution >= 0.6 is 0 Å². The number of ether oxygens (including phenoxy) is 1. The number of fused-ring (bicyclic) bond motifs is 1. The van der Waals surface area contributed by atoms with E-state index in [4.69, 9.17) is 4.74 Å². The number of aryl methyl sites for hydroxylation is 1. The van der Waals surface area contributed by atoms with Crippen molar-refractivity contribution in [2.24, 2.45) is 0 Å². The van der Waals surface area contributed by atoms with Gasteiger partial charge in [0, 0.05) is 12.0 Å². The molecule has 1 aliphatic rings. The zero-order chi connectivity index (χ0) is 7.84. The Labute approximate surface area is 67.0 Å². The summed E-state index contributed by atoms with van der Waals surface area (Å²) in [7, 11) is 0. The van der Waals surface area contributed by atoms with E-state index >= 15 is 0 Å². The molecule has 0 aromatic heterocycles. The van der Waals surface area contributed by atoms with Gasteiger partial charge in [-0.25, -0.2) is 0 Å². The molecule has 1 unspecified atom stereocenters. The number of hydrogen-bond donors (Lipinski definition) is 0. The minimum Gasteiger partial charge on any atom is -0.490 e. The highest BCUT2D eigenvalue weighted by atomic mass is 16.5. The molecule has 1 aromatic carbocycles. The van der Waals surface area contributed by atoms with Crippen LogP contribution in [0.1, 0.15) is 18.1 Å². The minimum absolute atomic E-state index is 0.367. The normalized spacial score (nSPS) is 21.1. The Hall–Kier alpha value is -0.980. The molecule has 0 N–H and O–H groups in total. The fourth-order valence-corrected chi connectivity index (χ4v) is 1.59. The van der Waals surface area contributed by atoms with Crippen LogP contribution in [0.3, 0.4) is 0 Å². The molecule has 1 nitrogen and oxygen atoms in total. The smallest absolute Gasteiger partial charge is 0.123 e. The van der Waals surface area contributed by atoms with E-state index in [1.54, 1.807) is 0 Å². The average molecular weight is 148 g/mol. The van der Waals surface area contributed by atoms with Crippen molar-refractivity contribution in [2.75, 3.05) is 0 Å². The largest absolute Gasteiger partial charge is 0.490 e. The summed E-state index contributed by atoms with van der Waals surface area (Å²) in [6.45, 7) is 4.25. The molecule has 58 valence electrons. The van der Waals surface area contributed by atoms with Crippen LogP contribution in [0, 0.1) is 6.92 Å². The van der Waals surface area contributed by atoms with Crippen molar-refractivity contribution in [1.29, 1.82) is 0 Å². The number of rotatable bonds is 0. The predicted molar refractivity (Wildman–Crippen MR) is 45.0 cm³/mol. The van der Waals surface area contributed by atoms with Gasteiger partial charge in [0.2, 0.25) is 0 Å². The van der Waals surface area contributed by atoms with Gasteiger partial charge in [-0.05, 0) is 25.5 Å². The molecule has 2 rings (SSSR count). The highest BCUT2D eigenvalue weighted by Crippen LogP contribution is 2.30. The van der Waals surface area contributed by atoms with Gasteiger partial charge in [0.15, 0.2) is 0 Å². The molecule has 11 heavy (non-hydrogen) atoms. The first-order valence-electron chi connectivity index (χ1n) is 4.02. The molecule has 0 amide bonds. The molecule has 0 spiro atoms.